The van der Waals surface area contributed by atoms with Gasteiger partial charge in [0.1, 0.15) is 5.75 Å². The number of hydrogen-bond donors (Lipinski definition) is 1. The molecule has 106 valence electrons. The monoisotopic (exact) mass is 275 g/mol. The summed E-state index contributed by atoms with van der Waals surface area (Å²) in [5.74, 6) is 0.498. The second kappa shape index (κ2) is 6.72. The number of ether oxygens (including phenoxy) is 2. The van der Waals surface area contributed by atoms with Gasteiger partial charge in [0.05, 0.1) is 20.3 Å². The van der Waals surface area contributed by atoms with Crippen LogP contribution in [0.25, 0.3) is 0 Å². The lowest BCUT2D eigenvalue weighted by molar-refractivity contribution is 0.102. The fourth-order valence-electron chi connectivity index (χ4n) is 1.66. The molecule has 0 aliphatic rings. The molecule has 6 heteroatoms. The van der Waals surface area contributed by atoms with Crippen LogP contribution in [-0.2, 0) is 11.3 Å². The van der Waals surface area contributed by atoms with Gasteiger partial charge in [0.25, 0.3) is 5.91 Å². The topological polar surface area (TPSA) is 65.4 Å². The summed E-state index contributed by atoms with van der Waals surface area (Å²) < 4.78 is 11.7. The molecule has 1 aromatic heterocycles. The maximum absolute atomic E-state index is 12.0. The van der Waals surface area contributed by atoms with Gasteiger partial charge in [0, 0.05) is 19.0 Å². The molecule has 0 spiro atoms. The van der Waals surface area contributed by atoms with Gasteiger partial charge >= 0.3 is 0 Å². The van der Waals surface area contributed by atoms with Crippen molar-refractivity contribution in [3.05, 3.63) is 42.2 Å². The third-order valence-electron chi connectivity index (χ3n) is 2.75. The Hall–Kier alpha value is -2.34. The lowest BCUT2D eigenvalue weighted by Gasteiger charge is -2.04. The highest BCUT2D eigenvalue weighted by Crippen LogP contribution is 2.15. The minimum absolute atomic E-state index is 0.244. The van der Waals surface area contributed by atoms with Crippen LogP contribution in [0.5, 0.6) is 5.75 Å². The summed E-state index contributed by atoms with van der Waals surface area (Å²) in [7, 11) is 3.22. The number of methoxy groups -OCH3 is 2. The lowest BCUT2D eigenvalue weighted by Crippen LogP contribution is -2.14. The summed E-state index contributed by atoms with van der Waals surface area (Å²) in [6, 6.07) is 8.80. The summed E-state index contributed by atoms with van der Waals surface area (Å²) in [5.41, 5.74) is 1.07. The van der Waals surface area contributed by atoms with Crippen molar-refractivity contribution < 1.29 is 14.3 Å². The van der Waals surface area contributed by atoms with Crippen molar-refractivity contribution in [3.63, 3.8) is 0 Å². The van der Waals surface area contributed by atoms with Crippen LogP contribution in [0.15, 0.2) is 36.5 Å². The maximum Gasteiger partial charge on any atom is 0.276 e. The van der Waals surface area contributed by atoms with E-state index in [1.165, 1.54) is 0 Å². The molecule has 0 aliphatic heterocycles. The molecule has 20 heavy (non-hydrogen) atoms. The Morgan fingerprint density at radius 2 is 2.00 bits per heavy atom. The van der Waals surface area contributed by atoms with E-state index in [0.717, 1.165) is 5.75 Å². The second-order valence-corrected chi connectivity index (χ2v) is 4.14. The first-order valence-corrected chi connectivity index (χ1v) is 6.20. The average molecular weight is 275 g/mol. The number of nitrogens with zero attached hydrogens (tertiary/aromatic N) is 2. The zero-order chi connectivity index (χ0) is 14.4. The van der Waals surface area contributed by atoms with E-state index in [2.05, 4.69) is 10.4 Å². The van der Waals surface area contributed by atoms with Gasteiger partial charge in [0.15, 0.2) is 5.69 Å². The molecule has 1 N–H and O–H groups in total. The Morgan fingerprint density at radius 3 is 2.65 bits per heavy atom. The molecule has 0 saturated carbocycles. The molecule has 1 amide bonds. The highest BCUT2D eigenvalue weighted by atomic mass is 16.5. The van der Waals surface area contributed by atoms with Crippen molar-refractivity contribution in [3.8, 4) is 5.75 Å². The Kier molecular flexibility index (Phi) is 4.73. The van der Waals surface area contributed by atoms with Gasteiger partial charge in [0.2, 0.25) is 0 Å². The third kappa shape index (κ3) is 3.58. The van der Waals surface area contributed by atoms with E-state index in [4.69, 9.17) is 9.47 Å². The molecule has 0 atom stereocenters. The zero-order valence-electron chi connectivity index (χ0n) is 11.5. The SMILES string of the molecule is COCCn1ccc(C(=O)Nc2ccc(OC)cc2)n1. The van der Waals surface area contributed by atoms with Crippen LogP contribution in [0.2, 0.25) is 0 Å². The van der Waals surface area contributed by atoms with Crippen LogP contribution in [0.3, 0.4) is 0 Å². The molecule has 1 aromatic carbocycles. The van der Waals surface area contributed by atoms with E-state index in [0.29, 0.717) is 24.5 Å². The van der Waals surface area contributed by atoms with E-state index in [1.807, 2.05) is 0 Å². The van der Waals surface area contributed by atoms with Crippen molar-refractivity contribution >= 4 is 11.6 Å². The molecule has 0 bridgehead atoms. The van der Waals surface area contributed by atoms with Crippen LogP contribution in [-0.4, -0.2) is 36.5 Å². The van der Waals surface area contributed by atoms with Crippen LogP contribution in [0, 0.1) is 0 Å². The lowest BCUT2D eigenvalue weighted by atomic mass is 10.3. The molecule has 0 fully saturated rings. The summed E-state index contributed by atoms with van der Waals surface area (Å²) in [4.78, 5) is 12.0. The Balaban J connectivity index is 1.98. The Morgan fingerprint density at radius 1 is 1.25 bits per heavy atom. The standard InChI is InChI=1S/C14H17N3O3/c1-19-10-9-17-8-7-13(16-17)14(18)15-11-3-5-12(20-2)6-4-11/h3-8H,9-10H2,1-2H3,(H,15,18). The maximum atomic E-state index is 12.0. The summed E-state index contributed by atoms with van der Waals surface area (Å²) in [6.07, 6.45) is 1.75. The highest BCUT2D eigenvalue weighted by Gasteiger charge is 2.09. The van der Waals surface area contributed by atoms with Crippen LogP contribution < -0.4 is 10.1 Å². The van der Waals surface area contributed by atoms with Gasteiger partial charge in [-0.15, -0.1) is 0 Å². The van der Waals surface area contributed by atoms with Crippen LogP contribution >= 0.6 is 0 Å². The van der Waals surface area contributed by atoms with Crippen molar-refractivity contribution in [1.82, 2.24) is 9.78 Å². The fourth-order valence-corrected chi connectivity index (χ4v) is 1.66. The Bertz CT molecular complexity index is 563. The number of aromatic nitrogens is 2. The first-order chi connectivity index (χ1) is 9.72. The number of benzene rings is 1. The summed E-state index contributed by atoms with van der Waals surface area (Å²) in [6.45, 7) is 1.17. The third-order valence-corrected chi connectivity index (χ3v) is 2.75. The minimum Gasteiger partial charge on any atom is -0.497 e. The van der Waals surface area contributed by atoms with Crippen LogP contribution in [0.1, 0.15) is 10.5 Å². The van der Waals surface area contributed by atoms with Crippen LogP contribution in [0.4, 0.5) is 5.69 Å². The number of rotatable bonds is 6. The summed E-state index contributed by atoms with van der Waals surface area (Å²) >= 11 is 0. The van der Waals surface area contributed by atoms with Gasteiger partial charge in [-0.25, -0.2) is 0 Å². The van der Waals surface area contributed by atoms with Gasteiger partial charge in [-0.2, -0.15) is 5.10 Å². The average Bonchev–Trinajstić information content (AvgIpc) is 2.95. The number of anilines is 1. The van der Waals surface area contributed by atoms with Crippen molar-refractivity contribution in [2.45, 2.75) is 6.54 Å². The first kappa shape index (κ1) is 14.1. The summed E-state index contributed by atoms with van der Waals surface area (Å²) in [5, 5.41) is 6.95. The fraction of sp³-hybridized carbons (Fsp3) is 0.286. The quantitative estimate of drug-likeness (QED) is 0.873. The van der Waals surface area contributed by atoms with E-state index < -0.39 is 0 Å². The minimum atomic E-state index is -0.244. The molecular weight excluding hydrogens is 258 g/mol. The molecule has 2 rings (SSSR count). The number of hydrogen-bond acceptors (Lipinski definition) is 4. The van der Waals surface area contributed by atoms with E-state index in [1.54, 1.807) is 55.4 Å². The van der Waals surface area contributed by atoms with Gasteiger partial charge in [-0.3, -0.25) is 9.48 Å². The zero-order valence-corrected chi connectivity index (χ0v) is 11.5. The molecular formula is C14H17N3O3. The van der Waals surface area contributed by atoms with Gasteiger partial charge in [-0.1, -0.05) is 0 Å². The number of carbonyl (C=O) groups excluding carboxylic acids is 1. The molecule has 2 aromatic rings. The number of nitrogens with one attached hydrogen (secondary N) is 1. The van der Waals surface area contributed by atoms with Crippen molar-refractivity contribution in [2.75, 3.05) is 26.1 Å². The van der Waals surface area contributed by atoms with E-state index in [9.17, 15) is 4.79 Å². The van der Waals surface area contributed by atoms with Gasteiger partial charge in [-0.05, 0) is 30.3 Å². The molecule has 0 saturated heterocycles. The van der Waals surface area contributed by atoms with Crippen molar-refractivity contribution in [2.24, 2.45) is 0 Å². The van der Waals surface area contributed by atoms with Gasteiger partial charge < -0.3 is 14.8 Å². The predicted molar refractivity (Wildman–Crippen MR) is 75.1 cm³/mol. The largest absolute Gasteiger partial charge is 0.497 e. The highest BCUT2D eigenvalue weighted by molar-refractivity contribution is 6.02. The van der Waals surface area contributed by atoms with E-state index >= 15 is 0 Å². The molecule has 0 radical (unpaired) electrons. The second-order valence-electron chi connectivity index (χ2n) is 4.14. The first-order valence-electron chi connectivity index (χ1n) is 6.20. The molecule has 1 heterocycles. The number of carbonyl (C=O) groups is 1. The van der Waals surface area contributed by atoms with E-state index in [-0.39, 0.29) is 5.91 Å². The smallest absolute Gasteiger partial charge is 0.276 e. The predicted octanol–water partition coefficient (Wildman–Crippen LogP) is 1.79. The normalized spacial score (nSPS) is 10.3. The Labute approximate surface area is 117 Å². The number of amides is 1. The molecule has 0 aliphatic carbocycles. The molecule has 6 nitrogen and oxygen atoms in total. The van der Waals surface area contributed by atoms with Crippen molar-refractivity contribution in [1.29, 1.82) is 0 Å². The molecule has 0 unspecified atom stereocenters.